The van der Waals surface area contributed by atoms with Gasteiger partial charge < -0.3 is 9.47 Å². The summed E-state index contributed by atoms with van der Waals surface area (Å²) in [6, 6.07) is 0.999. The molecule has 0 aliphatic carbocycles. The highest BCUT2D eigenvalue weighted by Gasteiger charge is 2.21. The summed E-state index contributed by atoms with van der Waals surface area (Å²) in [6.45, 7) is 2.41. The molecule has 0 N–H and O–H groups in total. The molecule has 1 atom stereocenters. The smallest absolute Gasteiger partial charge is 0.282 e. The molecule has 1 aliphatic heterocycles. The van der Waals surface area contributed by atoms with E-state index in [1.807, 2.05) is 0 Å². The van der Waals surface area contributed by atoms with Crippen LogP contribution in [-0.4, -0.2) is 42.8 Å². The van der Waals surface area contributed by atoms with Crippen molar-refractivity contribution in [2.75, 3.05) is 26.9 Å². The van der Waals surface area contributed by atoms with Crippen LogP contribution >= 0.6 is 0 Å². The van der Waals surface area contributed by atoms with E-state index in [1.54, 1.807) is 0 Å². The molecule has 70 valence electrons. The summed E-state index contributed by atoms with van der Waals surface area (Å²) in [5, 5.41) is 0. The third-order valence-electron chi connectivity index (χ3n) is 1.42. The maximum absolute atomic E-state index is 5.32. The summed E-state index contributed by atoms with van der Waals surface area (Å²) in [5.41, 5.74) is 0. The van der Waals surface area contributed by atoms with Crippen molar-refractivity contribution >= 4 is 9.76 Å². The van der Waals surface area contributed by atoms with Gasteiger partial charge in [0.25, 0.3) is 9.76 Å². The van der Waals surface area contributed by atoms with Gasteiger partial charge in [0, 0.05) is 6.61 Å². The van der Waals surface area contributed by atoms with Crippen molar-refractivity contribution in [1.82, 2.24) is 0 Å². The molecule has 0 saturated carbocycles. The van der Waals surface area contributed by atoms with Crippen molar-refractivity contribution in [3.05, 3.63) is 0 Å². The van der Waals surface area contributed by atoms with Crippen molar-refractivity contribution in [3.63, 3.8) is 0 Å². The van der Waals surface area contributed by atoms with Gasteiger partial charge in [0.2, 0.25) is 0 Å². The van der Waals surface area contributed by atoms with Gasteiger partial charge >= 0.3 is 0 Å². The third kappa shape index (κ3) is 5.67. The molecule has 1 heterocycles. The summed E-state index contributed by atoms with van der Waals surface area (Å²) < 4.78 is 15.0. The van der Waals surface area contributed by atoms with Gasteiger partial charge in [0.15, 0.2) is 0 Å². The van der Waals surface area contributed by atoms with Crippen molar-refractivity contribution in [1.29, 1.82) is 0 Å². The van der Waals surface area contributed by atoms with Crippen LogP contribution in [0.5, 0.6) is 0 Å². The second-order valence-electron chi connectivity index (χ2n) is 2.53. The lowest BCUT2D eigenvalue weighted by molar-refractivity contribution is -0.179. The summed E-state index contributed by atoms with van der Waals surface area (Å²) >= 11 is 0. The second-order valence-corrected chi connectivity index (χ2v) is 3.48. The number of hydrogen-bond acceptors (Lipinski definition) is 4. The minimum absolute atomic E-state index is 0.377. The predicted molar refractivity (Wildman–Crippen MR) is 43.8 cm³/mol. The van der Waals surface area contributed by atoms with E-state index in [9.17, 15) is 0 Å². The van der Waals surface area contributed by atoms with Crippen LogP contribution in [0.3, 0.4) is 0 Å². The number of hydrogen-bond donors (Lipinski definition) is 0. The average molecular weight is 190 g/mol. The molecule has 1 rings (SSSR count). The number of epoxide rings is 1. The minimum Gasteiger partial charge on any atom is -0.379 e. The van der Waals surface area contributed by atoms with Crippen LogP contribution in [0, 0.1) is 0 Å². The topological polar surface area (TPSA) is 40.2 Å². The van der Waals surface area contributed by atoms with E-state index in [1.165, 1.54) is 7.11 Å². The van der Waals surface area contributed by atoms with Gasteiger partial charge in [0.05, 0.1) is 20.3 Å². The summed E-state index contributed by atoms with van der Waals surface area (Å²) in [4.78, 5) is 4.45. The highest BCUT2D eigenvalue weighted by molar-refractivity contribution is 6.26. The van der Waals surface area contributed by atoms with Gasteiger partial charge in [-0.3, -0.25) is 9.46 Å². The zero-order valence-electron chi connectivity index (χ0n) is 7.25. The van der Waals surface area contributed by atoms with Crippen molar-refractivity contribution < 1.29 is 18.9 Å². The molecule has 1 saturated heterocycles. The van der Waals surface area contributed by atoms with E-state index in [-0.39, 0.29) is 0 Å². The monoisotopic (exact) mass is 190 g/mol. The second kappa shape index (κ2) is 6.56. The largest absolute Gasteiger partial charge is 0.379 e. The molecule has 0 aromatic carbocycles. The first-order chi connectivity index (χ1) is 5.93. The number of rotatable bonds is 8. The maximum Gasteiger partial charge on any atom is 0.282 e. The Balaban J connectivity index is 1.65. The van der Waals surface area contributed by atoms with E-state index in [4.69, 9.17) is 14.1 Å². The molecule has 0 aromatic heterocycles. The first-order valence-electron chi connectivity index (χ1n) is 4.05. The van der Waals surface area contributed by atoms with E-state index in [0.717, 1.165) is 32.3 Å². The minimum atomic E-state index is 0.377. The molecular formula is C7H14O4Si. The van der Waals surface area contributed by atoms with Crippen LogP contribution in [0.4, 0.5) is 0 Å². The fraction of sp³-hybridized carbons (Fsp3) is 1.00. The lowest BCUT2D eigenvalue weighted by atomic mass is 10.5. The highest BCUT2D eigenvalue weighted by atomic mass is 28.2. The van der Waals surface area contributed by atoms with Crippen LogP contribution < -0.4 is 0 Å². The van der Waals surface area contributed by atoms with Gasteiger partial charge in [-0.2, -0.15) is 0 Å². The van der Waals surface area contributed by atoms with E-state index in [0.29, 0.717) is 15.9 Å². The van der Waals surface area contributed by atoms with E-state index in [2.05, 4.69) is 4.89 Å². The SMILES string of the molecule is COO[Si]CCCOCC1CO1. The lowest BCUT2D eigenvalue weighted by Crippen LogP contribution is -2.04. The molecule has 5 heteroatoms. The molecule has 0 spiro atoms. The molecule has 0 bridgehead atoms. The van der Waals surface area contributed by atoms with Gasteiger partial charge in [-0.1, -0.05) is 0 Å². The molecule has 12 heavy (non-hydrogen) atoms. The molecule has 0 amide bonds. The normalized spacial score (nSPS) is 21.2. The Labute approximate surface area is 75.0 Å². The molecule has 4 nitrogen and oxygen atoms in total. The van der Waals surface area contributed by atoms with Crippen LogP contribution in [0.15, 0.2) is 0 Å². The van der Waals surface area contributed by atoms with Crippen LogP contribution in [0.2, 0.25) is 6.04 Å². The van der Waals surface area contributed by atoms with Gasteiger partial charge in [-0.05, 0) is 12.5 Å². The van der Waals surface area contributed by atoms with Gasteiger partial charge in [0.1, 0.15) is 6.10 Å². The maximum atomic E-state index is 5.32. The van der Waals surface area contributed by atoms with Crippen LogP contribution in [0.25, 0.3) is 0 Å². The molecule has 2 radical (unpaired) electrons. The Kier molecular flexibility index (Phi) is 5.54. The van der Waals surface area contributed by atoms with Crippen molar-refractivity contribution in [2.24, 2.45) is 0 Å². The predicted octanol–water partition coefficient (Wildman–Crippen LogP) is 0.407. The zero-order chi connectivity index (χ0) is 8.65. The zero-order valence-corrected chi connectivity index (χ0v) is 8.25. The standard InChI is InChI=1S/C7H14O4Si/c1-8-11-12-4-2-3-9-5-7-6-10-7/h7H,2-6H2,1H3. The van der Waals surface area contributed by atoms with E-state index >= 15 is 0 Å². The highest BCUT2D eigenvalue weighted by Crippen LogP contribution is 2.08. The molecule has 0 aromatic rings. The Morgan fingerprint density at radius 3 is 3.08 bits per heavy atom. The summed E-state index contributed by atoms with van der Waals surface area (Å²) in [5.74, 6) is 0. The van der Waals surface area contributed by atoms with Crippen LogP contribution in [-0.2, 0) is 18.9 Å². The lowest BCUT2D eigenvalue weighted by Gasteiger charge is -2.00. The quantitative estimate of drug-likeness (QED) is 0.183. The Bertz CT molecular complexity index is 108. The summed E-state index contributed by atoms with van der Waals surface area (Å²) in [7, 11) is 1.94. The van der Waals surface area contributed by atoms with Gasteiger partial charge in [-0.25, -0.2) is 0 Å². The fourth-order valence-corrected chi connectivity index (χ4v) is 1.22. The number of ether oxygens (including phenoxy) is 2. The van der Waals surface area contributed by atoms with Crippen LogP contribution in [0.1, 0.15) is 6.42 Å². The average Bonchev–Trinajstić information content (AvgIpc) is 2.87. The van der Waals surface area contributed by atoms with Crippen molar-refractivity contribution in [3.8, 4) is 0 Å². The molecule has 1 unspecified atom stereocenters. The van der Waals surface area contributed by atoms with Crippen molar-refractivity contribution in [2.45, 2.75) is 18.6 Å². The molecule has 1 aliphatic rings. The Hall–Kier alpha value is 0.0569. The first-order valence-corrected chi connectivity index (χ1v) is 5.17. The van der Waals surface area contributed by atoms with E-state index < -0.39 is 0 Å². The fourth-order valence-electron chi connectivity index (χ4n) is 0.726. The Morgan fingerprint density at radius 2 is 2.42 bits per heavy atom. The third-order valence-corrected chi connectivity index (χ3v) is 2.26. The molecular weight excluding hydrogens is 176 g/mol. The van der Waals surface area contributed by atoms with Gasteiger partial charge in [-0.15, -0.1) is 0 Å². The summed E-state index contributed by atoms with van der Waals surface area (Å²) in [6.07, 6.45) is 1.40. The molecule has 1 fully saturated rings. The first kappa shape index (κ1) is 10.1. The Morgan fingerprint density at radius 1 is 1.58 bits per heavy atom.